The molecule has 0 spiro atoms. The summed E-state index contributed by atoms with van der Waals surface area (Å²) in [7, 11) is 0. The molecule has 0 aliphatic heterocycles. The van der Waals surface area contributed by atoms with E-state index in [1.165, 1.54) is 10.5 Å². The van der Waals surface area contributed by atoms with Crippen molar-refractivity contribution in [3.8, 4) is 11.3 Å². The number of rotatable bonds is 3. The average Bonchev–Trinajstić information content (AvgIpc) is 2.97. The van der Waals surface area contributed by atoms with Crippen molar-refractivity contribution in [2.24, 2.45) is 0 Å². The summed E-state index contributed by atoms with van der Waals surface area (Å²) in [6.07, 6.45) is -1.45. The lowest BCUT2D eigenvalue weighted by atomic mass is 10.1. The third kappa shape index (κ3) is 3.24. The lowest BCUT2D eigenvalue weighted by Crippen LogP contribution is -2.08. The first-order valence-corrected chi connectivity index (χ1v) is 7.33. The number of benzene rings is 1. The fourth-order valence-corrected chi connectivity index (χ4v) is 2.27. The molecular formula is C17H14F3N3O. The van der Waals surface area contributed by atoms with Crippen LogP contribution in [0.4, 0.5) is 18.9 Å². The molecule has 3 rings (SSSR count). The van der Waals surface area contributed by atoms with Crippen molar-refractivity contribution >= 4 is 17.2 Å². The van der Waals surface area contributed by atoms with Crippen molar-refractivity contribution in [2.45, 2.75) is 19.5 Å². The van der Waals surface area contributed by atoms with Gasteiger partial charge in [-0.2, -0.15) is 13.2 Å². The van der Waals surface area contributed by atoms with E-state index in [1.54, 1.807) is 37.4 Å². The predicted octanol–water partition coefficient (Wildman–Crippen LogP) is 4.37. The molecule has 24 heavy (non-hydrogen) atoms. The number of nitrogens with zero attached hydrogens (tertiary/aromatic N) is 2. The summed E-state index contributed by atoms with van der Waals surface area (Å²) in [5, 5.41) is 2.73. The Morgan fingerprint density at radius 3 is 2.46 bits per heavy atom. The minimum absolute atomic E-state index is 0.0878. The topological polar surface area (TPSA) is 46.4 Å². The summed E-state index contributed by atoms with van der Waals surface area (Å²) in [6.45, 7) is 1.76. The molecule has 0 aliphatic rings. The number of nitrogens with one attached hydrogen (secondary N) is 1. The molecular weight excluding hydrogens is 319 g/mol. The van der Waals surface area contributed by atoms with Crippen LogP contribution < -0.4 is 5.32 Å². The van der Waals surface area contributed by atoms with E-state index in [9.17, 15) is 18.0 Å². The van der Waals surface area contributed by atoms with Gasteiger partial charge in [-0.05, 0) is 24.3 Å². The summed E-state index contributed by atoms with van der Waals surface area (Å²) >= 11 is 0. The van der Waals surface area contributed by atoms with Gasteiger partial charge in [-0.1, -0.05) is 19.1 Å². The highest BCUT2D eigenvalue weighted by Crippen LogP contribution is 2.30. The number of hydrogen-bond donors (Lipinski definition) is 1. The van der Waals surface area contributed by atoms with E-state index < -0.39 is 11.7 Å². The van der Waals surface area contributed by atoms with Gasteiger partial charge in [-0.15, -0.1) is 0 Å². The lowest BCUT2D eigenvalue weighted by molar-refractivity contribution is -0.137. The largest absolute Gasteiger partial charge is 0.417 e. The van der Waals surface area contributed by atoms with Gasteiger partial charge in [0.05, 0.1) is 11.3 Å². The second-order valence-electron chi connectivity index (χ2n) is 5.29. The van der Waals surface area contributed by atoms with Gasteiger partial charge in [0.25, 0.3) is 0 Å². The molecule has 0 saturated heterocycles. The number of carbonyl (C=O) groups excluding carboxylic acids is 1. The number of carbonyl (C=O) groups is 1. The number of amides is 1. The first kappa shape index (κ1) is 16.0. The first-order chi connectivity index (χ1) is 11.4. The van der Waals surface area contributed by atoms with Crippen LogP contribution in [0.15, 0.2) is 48.8 Å². The Morgan fingerprint density at radius 2 is 1.83 bits per heavy atom. The molecule has 0 atom stereocenters. The summed E-state index contributed by atoms with van der Waals surface area (Å²) in [6, 6.07) is 9.33. The molecule has 0 saturated carbocycles. The molecule has 2 heterocycles. The number of aromatic nitrogens is 2. The van der Waals surface area contributed by atoms with Crippen LogP contribution in [0.3, 0.4) is 0 Å². The summed E-state index contributed by atoms with van der Waals surface area (Å²) in [5.74, 6) is -0.0878. The minimum Gasteiger partial charge on any atom is -0.326 e. The standard InChI is InChI=1S/C17H14F3N3O/c1-2-16(24)21-13-6-3-11(4-7-13)14-10-23-9-12(17(18,19)20)5-8-15(23)22-14/h3-10H,2H2,1H3,(H,21,24). The number of pyridine rings is 1. The lowest BCUT2D eigenvalue weighted by Gasteiger charge is -2.05. The van der Waals surface area contributed by atoms with Gasteiger partial charge < -0.3 is 9.72 Å². The zero-order valence-corrected chi connectivity index (χ0v) is 12.8. The van der Waals surface area contributed by atoms with Crippen molar-refractivity contribution in [1.29, 1.82) is 0 Å². The highest BCUT2D eigenvalue weighted by Gasteiger charge is 2.30. The molecule has 0 radical (unpaired) electrons. The normalized spacial score (nSPS) is 11.7. The second kappa shape index (κ2) is 5.99. The maximum Gasteiger partial charge on any atom is 0.417 e. The number of anilines is 1. The Labute approximate surface area is 135 Å². The molecule has 7 heteroatoms. The van der Waals surface area contributed by atoms with Crippen LogP contribution in [0.2, 0.25) is 0 Å². The van der Waals surface area contributed by atoms with Crippen LogP contribution in [0.1, 0.15) is 18.9 Å². The molecule has 4 nitrogen and oxygen atoms in total. The first-order valence-electron chi connectivity index (χ1n) is 7.33. The van der Waals surface area contributed by atoms with Gasteiger partial charge in [-0.3, -0.25) is 4.79 Å². The maximum absolute atomic E-state index is 12.8. The van der Waals surface area contributed by atoms with Gasteiger partial charge in [0, 0.05) is 30.1 Å². The Morgan fingerprint density at radius 1 is 1.12 bits per heavy atom. The summed E-state index contributed by atoms with van der Waals surface area (Å²) in [4.78, 5) is 15.7. The smallest absolute Gasteiger partial charge is 0.326 e. The van der Waals surface area contributed by atoms with Crippen molar-refractivity contribution in [2.75, 3.05) is 5.32 Å². The number of alkyl halides is 3. The van der Waals surface area contributed by atoms with E-state index in [0.717, 1.165) is 17.8 Å². The van der Waals surface area contributed by atoms with Crippen LogP contribution in [0.25, 0.3) is 16.9 Å². The fraction of sp³-hybridized carbons (Fsp3) is 0.176. The van der Waals surface area contributed by atoms with Crippen LogP contribution in [-0.2, 0) is 11.0 Å². The van der Waals surface area contributed by atoms with Crippen LogP contribution in [0.5, 0.6) is 0 Å². The number of hydrogen-bond acceptors (Lipinski definition) is 2. The molecule has 1 amide bonds. The van der Waals surface area contributed by atoms with Gasteiger partial charge in [0.1, 0.15) is 5.65 Å². The van der Waals surface area contributed by atoms with Gasteiger partial charge in [0.15, 0.2) is 0 Å². The summed E-state index contributed by atoms with van der Waals surface area (Å²) in [5.41, 5.74) is 1.68. The number of fused-ring (bicyclic) bond motifs is 1. The van der Waals surface area contributed by atoms with Crippen molar-refractivity contribution < 1.29 is 18.0 Å². The van der Waals surface area contributed by atoms with Crippen molar-refractivity contribution in [3.05, 3.63) is 54.4 Å². The van der Waals surface area contributed by atoms with E-state index in [2.05, 4.69) is 10.3 Å². The second-order valence-corrected chi connectivity index (χ2v) is 5.29. The zero-order valence-electron chi connectivity index (χ0n) is 12.8. The SMILES string of the molecule is CCC(=O)Nc1ccc(-c2cn3cc(C(F)(F)F)ccc3n2)cc1. The molecule has 2 aromatic heterocycles. The van der Waals surface area contributed by atoms with E-state index in [1.807, 2.05) is 0 Å². The number of halogens is 3. The molecule has 0 unspecified atom stereocenters. The van der Waals surface area contributed by atoms with E-state index in [-0.39, 0.29) is 5.91 Å². The van der Waals surface area contributed by atoms with Crippen LogP contribution >= 0.6 is 0 Å². The molecule has 3 aromatic rings. The fourth-order valence-electron chi connectivity index (χ4n) is 2.27. The third-order valence-corrected chi connectivity index (χ3v) is 3.56. The van der Waals surface area contributed by atoms with Crippen molar-refractivity contribution in [1.82, 2.24) is 9.38 Å². The third-order valence-electron chi connectivity index (χ3n) is 3.56. The number of imidazole rings is 1. The quantitative estimate of drug-likeness (QED) is 0.774. The Bertz CT molecular complexity index is 882. The monoisotopic (exact) mass is 333 g/mol. The Balaban J connectivity index is 1.90. The predicted molar refractivity (Wildman–Crippen MR) is 84.6 cm³/mol. The highest BCUT2D eigenvalue weighted by atomic mass is 19.4. The maximum atomic E-state index is 12.8. The molecule has 0 bridgehead atoms. The molecule has 0 aliphatic carbocycles. The van der Waals surface area contributed by atoms with Crippen LogP contribution in [0, 0.1) is 0 Å². The van der Waals surface area contributed by atoms with E-state index >= 15 is 0 Å². The average molecular weight is 333 g/mol. The zero-order chi connectivity index (χ0) is 17.3. The van der Waals surface area contributed by atoms with E-state index in [4.69, 9.17) is 0 Å². The van der Waals surface area contributed by atoms with Gasteiger partial charge in [-0.25, -0.2) is 4.98 Å². The van der Waals surface area contributed by atoms with Crippen molar-refractivity contribution in [3.63, 3.8) is 0 Å². The molecule has 124 valence electrons. The Kier molecular flexibility index (Phi) is 4.01. The van der Waals surface area contributed by atoms with E-state index in [0.29, 0.717) is 23.4 Å². The minimum atomic E-state index is -4.39. The highest BCUT2D eigenvalue weighted by molar-refractivity contribution is 5.90. The van der Waals surface area contributed by atoms with Gasteiger partial charge in [0.2, 0.25) is 5.91 Å². The van der Waals surface area contributed by atoms with Crippen LogP contribution in [-0.4, -0.2) is 15.3 Å². The Hall–Kier alpha value is -2.83. The molecule has 1 aromatic carbocycles. The van der Waals surface area contributed by atoms with Gasteiger partial charge >= 0.3 is 6.18 Å². The molecule has 1 N–H and O–H groups in total. The molecule has 0 fully saturated rings. The summed E-state index contributed by atoms with van der Waals surface area (Å²) < 4.78 is 39.6.